The Kier molecular flexibility index (Phi) is 3.23. The van der Waals surface area contributed by atoms with Crippen molar-refractivity contribution in [3.8, 4) is 5.75 Å². The first kappa shape index (κ1) is 12.0. The molecule has 1 aromatic heterocycles. The van der Waals surface area contributed by atoms with Gasteiger partial charge >= 0.3 is 0 Å². The van der Waals surface area contributed by atoms with Gasteiger partial charge in [0.15, 0.2) is 0 Å². The van der Waals surface area contributed by atoms with E-state index in [1.807, 2.05) is 0 Å². The van der Waals surface area contributed by atoms with E-state index in [1.165, 1.54) is 36.4 Å². The molecule has 92 valence electrons. The molecule has 0 saturated heterocycles. The molecule has 0 radical (unpaired) electrons. The van der Waals surface area contributed by atoms with Gasteiger partial charge in [0.05, 0.1) is 0 Å². The quantitative estimate of drug-likeness (QED) is 0.800. The van der Waals surface area contributed by atoms with Gasteiger partial charge in [-0.1, -0.05) is 6.07 Å². The Labute approximate surface area is 103 Å². The average molecular weight is 246 g/mol. The third-order valence-corrected chi connectivity index (χ3v) is 2.41. The maximum Gasteiger partial charge on any atom is 0.257 e. The van der Waals surface area contributed by atoms with Crippen LogP contribution in [-0.2, 0) is 0 Å². The zero-order valence-electron chi connectivity index (χ0n) is 9.64. The van der Waals surface area contributed by atoms with Crippen LogP contribution in [0.5, 0.6) is 5.75 Å². The number of benzene rings is 1. The lowest BCUT2D eigenvalue weighted by atomic mass is 10.1. The number of carbonyl (C=O) groups is 1. The molecule has 0 aliphatic rings. The number of aromatic hydroxyl groups is 1. The summed E-state index contributed by atoms with van der Waals surface area (Å²) in [4.78, 5) is 15.4. The largest absolute Gasteiger partial charge is 0.508 e. The van der Waals surface area contributed by atoms with Gasteiger partial charge in [-0.25, -0.2) is 4.98 Å². The van der Waals surface area contributed by atoms with Crippen LogP contribution >= 0.6 is 0 Å². The smallest absolute Gasteiger partial charge is 0.257 e. The molecule has 2 aromatic rings. The van der Waals surface area contributed by atoms with Crippen LogP contribution in [-0.4, -0.2) is 16.0 Å². The fourth-order valence-electron chi connectivity index (χ4n) is 1.56. The van der Waals surface area contributed by atoms with Crippen LogP contribution < -0.4 is 5.32 Å². The number of nitrogens with one attached hydrogen (secondary N) is 1. The minimum Gasteiger partial charge on any atom is -0.508 e. The normalized spacial score (nSPS) is 10.1. The van der Waals surface area contributed by atoms with Crippen molar-refractivity contribution in [2.45, 2.75) is 6.92 Å². The fraction of sp³-hybridized carbons (Fsp3) is 0.0769. The average Bonchev–Trinajstić information content (AvgIpc) is 2.28. The fourth-order valence-corrected chi connectivity index (χ4v) is 1.56. The van der Waals surface area contributed by atoms with Crippen molar-refractivity contribution in [2.24, 2.45) is 0 Å². The van der Waals surface area contributed by atoms with Crippen molar-refractivity contribution in [1.82, 2.24) is 4.98 Å². The van der Waals surface area contributed by atoms with Crippen LogP contribution in [0.3, 0.4) is 0 Å². The van der Waals surface area contributed by atoms with Crippen molar-refractivity contribution in [2.75, 3.05) is 5.32 Å². The molecule has 18 heavy (non-hydrogen) atoms. The summed E-state index contributed by atoms with van der Waals surface area (Å²) in [6, 6.07) is 8.55. The number of nitrogens with zero attached hydrogens (tertiary/aromatic N) is 1. The van der Waals surface area contributed by atoms with Gasteiger partial charge in [0.25, 0.3) is 5.91 Å². The van der Waals surface area contributed by atoms with E-state index in [1.54, 1.807) is 6.92 Å². The highest BCUT2D eigenvalue weighted by molar-refractivity contribution is 6.04. The predicted molar refractivity (Wildman–Crippen MR) is 65.0 cm³/mol. The zero-order valence-corrected chi connectivity index (χ0v) is 9.64. The number of hydrogen-bond donors (Lipinski definition) is 2. The molecule has 2 N–H and O–H groups in total. The molecule has 1 amide bonds. The van der Waals surface area contributed by atoms with Crippen molar-refractivity contribution in [3.63, 3.8) is 0 Å². The Bertz CT molecular complexity index is 599. The summed E-state index contributed by atoms with van der Waals surface area (Å²) in [6.45, 7) is 1.70. The molecule has 1 aromatic carbocycles. The lowest BCUT2D eigenvalue weighted by molar-refractivity contribution is 0.102. The first-order chi connectivity index (χ1) is 8.56. The Morgan fingerprint density at radius 3 is 2.78 bits per heavy atom. The zero-order chi connectivity index (χ0) is 13.1. The van der Waals surface area contributed by atoms with Gasteiger partial charge in [0.1, 0.15) is 11.6 Å². The number of pyridine rings is 1. The lowest BCUT2D eigenvalue weighted by Crippen LogP contribution is -2.14. The highest BCUT2D eigenvalue weighted by atomic mass is 19.1. The molecule has 0 atom stereocenters. The summed E-state index contributed by atoms with van der Waals surface area (Å²) >= 11 is 0. The number of halogens is 1. The number of phenolic OH excluding ortho intramolecular Hbond substituents is 1. The summed E-state index contributed by atoms with van der Waals surface area (Å²) < 4.78 is 12.9. The molecule has 0 aliphatic carbocycles. The minimum absolute atomic E-state index is 0.0907. The maximum absolute atomic E-state index is 12.9. The van der Waals surface area contributed by atoms with E-state index >= 15 is 0 Å². The number of aromatic nitrogens is 1. The molecule has 0 saturated carbocycles. The summed E-state index contributed by atoms with van der Waals surface area (Å²) in [7, 11) is 0. The Hall–Kier alpha value is -2.43. The molecule has 0 aliphatic heterocycles. The van der Waals surface area contributed by atoms with Crippen molar-refractivity contribution in [3.05, 3.63) is 53.5 Å². The maximum atomic E-state index is 12.9. The van der Waals surface area contributed by atoms with Gasteiger partial charge in [-0.2, -0.15) is 4.39 Å². The SMILES string of the molecule is Cc1cc(O)ccc1C(=O)Nc1cccc(F)n1. The molecular weight excluding hydrogens is 235 g/mol. The van der Waals surface area contributed by atoms with Crippen LogP contribution in [0.25, 0.3) is 0 Å². The molecule has 0 spiro atoms. The van der Waals surface area contributed by atoms with Crippen LogP contribution in [0.15, 0.2) is 36.4 Å². The van der Waals surface area contributed by atoms with Crippen LogP contribution in [0.4, 0.5) is 10.2 Å². The molecule has 0 bridgehead atoms. The number of phenols is 1. The number of amides is 1. The topological polar surface area (TPSA) is 62.2 Å². The van der Waals surface area contributed by atoms with Crippen molar-refractivity contribution >= 4 is 11.7 Å². The predicted octanol–water partition coefficient (Wildman–Crippen LogP) is 2.49. The van der Waals surface area contributed by atoms with Crippen LogP contribution in [0.1, 0.15) is 15.9 Å². The van der Waals surface area contributed by atoms with E-state index in [2.05, 4.69) is 10.3 Å². The van der Waals surface area contributed by atoms with E-state index in [0.29, 0.717) is 11.1 Å². The van der Waals surface area contributed by atoms with Gasteiger partial charge < -0.3 is 10.4 Å². The third-order valence-electron chi connectivity index (χ3n) is 2.41. The summed E-state index contributed by atoms with van der Waals surface area (Å²) in [5.41, 5.74) is 1.03. The summed E-state index contributed by atoms with van der Waals surface area (Å²) in [5.74, 6) is -0.818. The molecule has 2 rings (SSSR count). The molecule has 4 nitrogen and oxygen atoms in total. The molecule has 5 heteroatoms. The van der Waals surface area contributed by atoms with Crippen LogP contribution in [0.2, 0.25) is 0 Å². The number of anilines is 1. The minimum atomic E-state index is -0.657. The highest BCUT2D eigenvalue weighted by Crippen LogP contribution is 2.16. The van der Waals surface area contributed by atoms with E-state index < -0.39 is 11.9 Å². The highest BCUT2D eigenvalue weighted by Gasteiger charge is 2.10. The second-order valence-corrected chi connectivity index (χ2v) is 3.80. The van der Waals surface area contributed by atoms with Gasteiger partial charge in [-0.15, -0.1) is 0 Å². The van der Waals surface area contributed by atoms with Crippen molar-refractivity contribution in [1.29, 1.82) is 0 Å². The monoisotopic (exact) mass is 246 g/mol. The summed E-state index contributed by atoms with van der Waals surface area (Å²) in [6.07, 6.45) is 0. The Balaban J connectivity index is 2.22. The Morgan fingerprint density at radius 1 is 1.33 bits per heavy atom. The van der Waals surface area contributed by atoms with E-state index in [-0.39, 0.29) is 11.6 Å². The van der Waals surface area contributed by atoms with Gasteiger partial charge in [0.2, 0.25) is 5.95 Å². The van der Waals surface area contributed by atoms with Gasteiger partial charge in [-0.05, 0) is 42.8 Å². The summed E-state index contributed by atoms with van der Waals surface area (Å²) in [5, 5.41) is 11.7. The molecule has 0 fully saturated rings. The van der Waals surface area contributed by atoms with E-state index in [0.717, 1.165) is 0 Å². The second-order valence-electron chi connectivity index (χ2n) is 3.80. The van der Waals surface area contributed by atoms with E-state index in [4.69, 9.17) is 0 Å². The third kappa shape index (κ3) is 2.63. The first-order valence-electron chi connectivity index (χ1n) is 5.30. The van der Waals surface area contributed by atoms with Crippen molar-refractivity contribution < 1.29 is 14.3 Å². The standard InChI is InChI=1S/C13H11FN2O2/c1-8-7-9(17)5-6-10(8)13(18)16-12-4-2-3-11(14)15-12/h2-7,17H,1H3,(H,15,16,18). The van der Waals surface area contributed by atoms with E-state index in [9.17, 15) is 14.3 Å². The lowest BCUT2D eigenvalue weighted by Gasteiger charge is -2.07. The molecule has 1 heterocycles. The number of hydrogen-bond acceptors (Lipinski definition) is 3. The van der Waals surface area contributed by atoms with Gasteiger partial charge in [0, 0.05) is 5.56 Å². The Morgan fingerprint density at radius 2 is 2.11 bits per heavy atom. The molecule has 0 unspecified atom stereocenters. The first-order valence-corrected chi connectivity index (χ1v) is 5.30. The molecular formula is C13H11FN2O2. The number of aryl methyl sites for hydroxylation is 1. The van der Waals surface area contributed by atoms with Crippen LogP contribution in [0, 0.1) is 12.9 Å². The van der Waals surface area contributed by atoms with Gasteiger partial charge in [-0.3, -0.25) is 4.79 Å². The second kappa shape index (κ2) is 4.83. The number of rotatable bonds is 2. The number of carbonyl (C=O) groups excluding carboxylic acids is 1.